The highest BCUT2D eigenvalue weighted by Crippen LogP contribution is 2.31. The van der Waals surface area contributed by atoms with Crippen LogP contribution in [-0.2, 0) is 11.3 Å². The minimum absolute atomic E-state index is 0.0552. The molecule has 0 radical (unpaired) electrons. The summed E-state index contributed by atoms with van der Waals surface area (Å²) in [5, 5.41) is 1.78. The summed E-state index contributed by atoms with van der Waals surface area (Å²) in [6, 6.07) is 12.3. The van der Waals surface area contributed by atoms with E-state index in [1.807, 2.05) is 0 Å². The Morgan fingerprint density at radius 2 is 1.85 bits per heavy atom. The number of imide groups is 1. The zero-order valence-corrected chi connectivity index (χ0v) is 15.0. The van der Waals surface area contributed by atoms with Gasteiger partial charge >= 0.3 is 11.9 Å². The van der Waals surface area contributed by atoms with Gasteiger partial charge < -0.3 is 0 Å². The number of benzene rings is 2. The normalized spacial score (nSPS) is 19.3. The van der Waals surface area contributed by atoms with Gasteiger partial charge in [0.15, 0.2) is 5.25 Å². The molecule has 0 N–H and O–H groups in total. The fourth-order valence-corrected chi connectivity index (χ4v) is 4.06. The first-order valence-electron chi connectivity index (χ1n) is 7.89. The second kappa shape index (κ2) is 6.70. The van der Waals surface area contributed by atoms with Gasteiger partial charge in [-0.3, -0.25) is 0 Å². The minimum Gasteiger partial charge on any atom is -0.244 e. The molecule has 0 spiro atoms. The highest BCUT2D eigenvalue weighted by atomic mass is 35.5. The predicted molar refractivity (Wildman–Crippen MR) is 100 cm³/mol. The first-order valence-corrected chi connectivity index (χ1v) is 9.21. The number of rotatable bonds is 3. The van der Waals surface area contributed by atoms with Gasteiger partial charge in [-0.15, -0.1) is 16.7 Å². The molecule has 0 aliphatic carbocycles. The summed E-state index contributed by atoms with van der Waals surface area (Å²) < 4.78 is 15.5. The average molecular weight is 388 g/mol. The number of nitrogens with zero attached hydrogens (tertiary/aromatic N) is 2. The van der Waals surface area contributed by atoms with E-state index in [0.717, 1.165) is 4.90 Å². The largest absolute Gasteiger partial charge is 0.506 e. The summed E-state index contributed by atoms with van der Waals surface area (Å²) in [5.41, 5.74) is 1.41. The van der Waals surface area contributed by atoms with E-state index in [2.05, 4.69) is 0 Å². The summed E-state index contributed by atoms with van der Waals surface area (Å²) in [6.07, 6.45) is 1.74. The Morgan fingerprint density at radius 1 is 1.12 bits per heavy atom. The Bertz CT molecular complexity index is 972. The number of carbonyl (C=O) groups is 2. The van der Waals surface area contributed by atoms with Gasteiger partial charge in [-0.25, -0.2) is 9.18 Å². The first-order chi connectivity index (χ1) is 12.6. The summed E-state index contributed by atoms with van der Waals surface area (Å²) in [7, 11) is 0. The van der Waals surface area contributed by atoms with E-state index in [9.17, 15) is 14.0 Å². The molecule has 0 saturated heterocycles. The molecule has 2 aliphatic rings. The lowest BCUT2D eigenvalue weighted by molar-refractivity contribution is -0.444. The first kappa shape index (κ1) is 17.0. The van der Waals surface area contributed by atoms with Gasteiger partial charge in [-0.05, 0) is 41.8 Å². The Morgan fingerprint density at radius 3 is 2.58 bits per heavy atom. The van der Waals surface area contributed by atoms with Crippen LogP contribution < -0.4 is 4.90 Å². The standard InChI is InChI=1S/C19H13ClFN2O2S/c20-13-5-7-14(8-6-13)23-18(24)17-16(9-10-26-17)22(19(23)25)11-12-3-1-2-4-15(12)21/h1-10,17H,11H2/q+1. The number of urea groups is 1. The van der Waals surface area contributed by atoms with Crippen LogP contribution in [0.5, 0.6) is 0 Å². The zero-order chi connectivity index (χ0) is 18.3. The van der Waals surface area contributed by atoms with E-state index in [1.54, 1.807) is 53.9 Å². The number of allylic oxidation sites excluding steroid dienone is 1. The average Bonchev–Trinajstić information content (AvgIpc) is 3.12. The number of fused-ring (bicyclic) bond motifs is 1. The van der Waals surface area contributed by atoms with Gasteiger partial charge in [0.05, 0.1) is 0 Å². The molecule has 0 bridgehead atoms. The van der Waals surface area contributed by atoms with Crippen molar-refractivity contribution in [2.24, 2.45) is 0 Å². The van der Waals surface area contributed by atoms with Crippen LogP contribution in [0.1, 0.15) is 5.56 Å². The zero-order valence-electron chi connectivity index (χ0n) is 13.4. The molecule has 4 nitrogen and oxygen atoms in total. The van der Waals surface area contributed by atoms with Crippen molar-refractivity contribution in [2.75, 3.05) is 4.90 Å². The van der Waals surface area contributed by atoms with Gasteiger partial charge in [0, 0.05) is 10.6 Å². The second-order valence-corrected chi connectivity index (χ2v) is 7.31. The number of carbonyl (C=O) groups excluding carboxylic acids is 2. The van der Waals surface area contributed by atoms with Crippen molar-refractivity contribution < 1.29 is 18.6 Å². The lowest BCUT2D eigenvalue weighted by atomic mass is 10.1. The number of hydrogen-bond acceptors (Lipinski definition) is 3. The minimum atomic E-state index is -0.518. The molecule has 2 heterocycles. The van der Waals surface area contributed by atoms with E-state index in [-0.39, 0.29) is 18.3 Å². The van der Waals surface area contributed by atoms with Crippen LogP contribution in [0.2, 0.25) is 5.02 Å². The van der Waals surface area contributed by atoms with Crippen molar-refractivity contribution in [3.05, 3.63) is 76.4 Å². The van der Waals surface area contributed by atoms with Crippen LogP contribution in [-0.4, -0.2) is 27.5 Å². The van der Waals surface area contributed by atoms with E-state index in [4.69, 9.17) is 11.6 Å². The quantitative estimate of drug-likeness (QED) is 0.740. The van der Waals surface area contributed by atoms with E-state index in [1.165, 1.54) is 22.4 Å². The van der Waals surface area contributed by atoms with Crippen molar-refractivity contribution in [1.82, 2.24) is 0 Å². The lowest BCUT2D eigenvalue weighted by Crippen LogP contribution is -2.55. The molecule has 4 rings (SSSR count). The molecule has 2 aliphatic heterocycles. The van der Waals surface area contributed by atoms with Crippen LogP contribution >= 0.6 is 23.4 Å². The van der Waals surface area contributed by atoms with Crippen LogP contribution in [0.15, 0.2) is 60.0 Å². The van der Waals surface area contributed by atoms with Gasteiger partial charge in [0.25, 0.3) is 0 Å². The number of halogens is 2. The van der Waals surface area contributed by atoms with Crippen molar-refractivity contribution in [3.63, 3.8) is 0 Å². The van der Waals surface area contributed by atoms with Gasteiger partial charge in [0.2, 0.25) is 0 Å². The number of hydrogen-bond donors (Lipinski definition) is 0. The Hall–Kier alpha value is -2.44. The Balaban J connectivity index is 1.78. The SMILES string of the molecule is O=C1C2SC=CC2=[N+](Cc2ccccc2F)C(=O)N1c1ccc(Cl)cc1. The monoisotopic (exact) mass is 387 g/mol. The maximum Gasteiger partial charge on any atom is 0.506 e. The van der Waals surface area contributed by atoms with Crippen molar-refractivity contribution in [2.45, 2.75) is 11.8 Å². The highest BCUT2D eigenvalue weighted by molar-refractivity contribution is 8.04. The van der Waals surface area contributed by atoms with Gasteiger partial charge in [-0.2, -0.15) is 9.37 Å². The van der Waals surface area contributed by atoms with Crippen molar-refractivity contribution >= 4 is 46.7 Å². The maximum absolute atomic E-state index is 14.1. The highest BCUT2D eigenvalue weighted by Gasteiger charge is 2.50. The number of amides is 3. The molecule has 2 aromatic rings. The third-order valence-corrected chi connectivity index (χ3v) is 5.53. The summed E-state index contributed by atoms with van der Waals surface area (Å²) in [5.74, 6) is -0.700. The third-order valence-electron chi connectivity index (χ3n) is 4.27. The molecular formula is C19H13ClFN2O2S+. The van der Waals surface area contributed by atoms with Crippen molar-refractivity contribution in [1.29, 1.82) is 0 Å². The molecule has 7 heteroatoms. The van der Waals surface area contributed by atoms with Gasteiger partial charge in [-0.1, -0.05) is 29.8 Å². The molecule has 0 saturated carbocycles. The number of thioether (sulfide) groups is 1. The summed E-state index contributed by atoms with van der Waals surface area (Å²) in [6.45, 7) is 0.0552. The molecule has 2 aromatic carbocycles. The smallest absolute Gasteiger partial charge is 0.244 e. The fraction of sp³-hybridized carbons (Fsp3) is 0.105. The van der Waals surface area contributed by atoms with E-state index in [0.29, 0.717) is 22.0 Å². The van der Waals surface area contributed by atoms with Crippen LogP contribution in [0, 0.1) is 5.82 Å². The number of anilines is 1. The van der Waals surface area contributed by atoms with E-state index >= 15 is 0 Å². The van der Waals surface area contributed by atoms with Crippen LogP contribution in [0.25, 0.3) is 0 Å². The van der Waals surface area contributed by atoms with Crippen LogP contribution in [0.3, 0.4) is 0 Å². The maximum atomic E-state index is 14.1. The lowest BCUT2D eigenvalue weighted by Gasteiger charge is -2.24. The molecule has 0 fully saturated rings. The Kier molecular flexibility index (Phi) is 4.38. The second-order valence-electron chi connectivity index (χ2n) is 5.85. The predicted octanol–water partition coefficient (Wildman–Crippen LogP) is 4.23. The molecule has 0 aromatic heterocycles. The molecular weight excluding hydrogens is 375 g/mol. The van der Waals surface area contributed by atoms with Crippen LogP contribution in [0.4, 0.5) is 14.9 Å². The molecule has 1 atom stereocenters. The topological polar surface area (TPSA) is 40.4 Å². The molecule has 130 valence electrons. The third kappa shape index (κ3) is 2.85. The molecule has 3 amide bonds. The summed E-state index contributed by atoms with van der Waals surface area (Å²) in [4.78, 5) is 27.1. The molecule has 1 unspecified atom stereocenters. The Labute approximate surface area is 158 Å². The van der Waals surface area contributed by atoms with Crippen molar-refractivity contribution in [3.8, 4) is 0 Å². The fourth-order valence-electron chi connectivity index (χ4n) is 2.99. The van der Waals surface area contributed by atoms with Gasteiger partial charge in [0.1, 0.15) is 23.8 Å². The molecule has 26 heavy (non-hydrogen) atoms. The van der Waals surface area contributed by atoms with E-state index < -0.39 is 11.3 Å². The summed E-state index contributed by atoms with van der Waals surface area (Å²) >= 11 is 7.24.